The summed E-state index contributed by atoms with van der Waals surface area (Å²) in [5.41, 5.74) is 2.54. The topological polar surface area (TPSA) is 15.3 Å². The first-order chi connectivity index (χ1) is 11.2. The average molecular weight is 312 g/mol. The minimum atomic E-state index is -0.0944. The van der Waals surface area contributed by atoms with Gasteiger partial charge in [0.1, 0.15) is 5.82 Å². The molecule has 1 aromatic carbocycles. The Hall–Kier alpha value is -1.35. The van der Waals surface area contributed by atoms with E-state index in [1.54, 1.807) is 12.1 Å². The van der Waals surface area contributed by atoms with Gasteiger partial charge in [0.25, 0.3) is 0 Å². The predicted molar refractivity (Wildman–Crippen MR) is 91.1 cm³/mol. The molecule has 1 saturated heterocycles. The van der Waals surface area contributed by atoms with Gasteiger partial charge in [-0.2, -0.15) is 0 Å². The van der Waals surface area contributed by atoms with Crippen LogP contribution in [0.1, 0.15) is 31.2 Å². The number of benzene rings is 1. The van der Waals surface area contributed by atoms with Gasteiger partial charge in [0, 0.05) is 24.2 Å². The zero-order valence-electron chi connectivity index (χ0n) is 13.6. The van der Waals surface area contributed by atoms with Crippen molar-refractivity contribution in [2.45, 2.75) is 31.1 Å². The first-order valence-corrected chi connectivity index (χ1v) is 9.16. The van der Waals surface area contributed by atoms with Crippen molar-refractivity contribution in [3.63, 3.8) is 0 Å². The second-order valence-electron chi connectivity index (χ2n) is 8.16. The van der Waals surface area contributed by atoms with Crippen LogP contribution >= 0.6 is 0 Å². The van der Waals surface area contributed by atoms with E-state index in [0.29, 0.717) is 0 Å². The fourth-order valence-corrected chi connectivity index (χ4v) is 5.51. The quantitative estimate of drug-likeness (QED) is 0.836. The van der Waals surface area contributed by atoms with Crippen LogP contribution in [0.5, 0.6) is 0 Å². The second kappa shape index (κ2) is 5.07. The number of fused-ring (bicyclic) bond motifs is 4. The summed E-state index contributed by atoms with van der Waals surface area (Å²) in [4.78, 5) is 2.67. The van der Waals surface area contributed by atoms with Crippen LogP contribution in [0.2, 0.25) is 0 Å². The van der Waals surface area contributed by atoms with Gasteiger partial charge >= 0.3 is 0 Å². The molecule has 2 aliphatic heterocycles. The normalized spacial score (nSPS) is 34.0. The van der Waals surface area contributed by atoms with Crippen molar-refractivity contribution < 1.29 is 4.39 Å². The van der Waals surface area contributed by atoms with E-state index in [2.05, 4.69) is 22.4 Å². The van der Waals surface area contributed by atoms with Gasteiger partial charge in [-0.25, -0.2) is 4.39 Å². The Balaban J connectivity index is 1.27. The summed E-state index contributed by atoms with van der Waals surface area (Å²) in [7, 11) is 0. The lowest BCUT2D eigenvalue weighted by molar-refractivity contribution is 0.140. The van der Waals surface area contributed by atoms with Crippen LogP contribution in [-0.2, 0) is 5.41 Å². The molecule has 23 heavy (non-hydrogen) atoms. The van der Waals surface area contributed by atoms with Crippen molar-refractivity contribution >= 4 is 5.69 Å². The van der Waals surface area contributed by atoms with Crippen molar-refractivity contribution in [1.82, 2.24) is 4.90 Å². The number of likely N-dealkylation sites (tertiary alicyclic amines) is 1. The number of hydrogen-bond donors (Lipinski definition) is 1. The van der Waals surface area contributed by atoms with Gasteiger partial charge in [-0.15, -0.1) is 0 Å². The molecule has 4 aliphatic rings. The van der Waals surface area contributed by atoms with Gasteiger partial charge < -0.3 is 10.2 Å². The van der Waals surface area contributed by atoms with E-state index in [9.17, 15) is 4.39 Å². The highest BCUT2D eigenvalue weighted by atomic mass is 19.1. The SMILES string of the molecule is Fc1ccc2c(c1)C1(CCN(C[C@@H]3C[C@@H]4C=C[C@H]3C4)CC1)CN2. The highest BCUT2D eigenvalue weighted by Gasteiger charge is 2.43. The maximum atomic E-state index is 13.7. The monoisotopic (exact) mass is 312 g/mol. The Labute approximate surface area is 137 Å². The van der Waals surface area contributed by atoms with Gasteiger partial charge in [-0.05, 0) is 80.3 Å². The molecule has 0 aromatic heterocycles. The molecular formula is C20H25FN2. The number of piperidine rings is 1. The van der Waals surface area contributed by atoms with Gasteiger partial charge in [-0.1, -0.05) is 12.2 Å². The molecule has 0 unspecified atom stereocenters. The summed E-state index contributed by atoms with van der Waals surface area (Å²) in [5, 5.41) is 3.50. The molecule has 2 fully saturated rings. The molecule has 3 atom stereocenters. The maximum Gasteiger partial charge on any atom is 0.123 e. The minimum Gasteiger partial charge on any atom is -0.384 e. The largest absolute Gasteiger partial charge is 0.384 e. The number of halogens is 1. The molecule has 3 heteroatoms. The van der Waals surface area contributed by atoms with E-state index in [4.69, 9.17) is 0 Å². The summed E-state index contributed by atoms with van der Waals surface area (Å²) >= 11 is 0. The molecule has 1 N–H and O–H groups in total. The fourth-order valence-electron chi connectivity index (χ4n) is 5.51. The lowest BCUT2D eigenvalue weighted by Crippen LogP contribution is -2.45. The summed E-state index contributed by atoms with van der Waals surface area (Å²) in [5.74, 6) is 2.50. The molecule has 1 saturated carbocycles. The van der Waals surface area contributed by atoms with Crippen LogP contribution in [0.15, 0.2) is 30.4 Å². The van der Waals surface area contributed by atoms with Crippen LogP contribution in [0.4, 0.5) is 10.1 Å². The van der Waals surface area contributed by atoms with Gasteiger partial charge in [0.15, 0.2) is 0 Å². The number of rotatable bonds is 2. The van der Waals surface area contributed by atoms with E-state index >= 15 is 0 Å². The molecular weight excluding hydrogens is 287 g/mol. The molecule has 2 nitrogen and oxygen atoms in total. The van der Waals surface area contributed by atoms with Gasteiger partial charge in [0.2, 0.25) is 0 Å². The van der Waals surface area contributed by atoms with Crippen LogP contribution in [0.25, 0.3) is 0 Å². The zero-order valence-corrected chi connectivity index (χ0v) is 13.6. The molecule has 1 aromatic rings. The third kappa shape index (κ3) is 2.24. The Morgan fingerprint density at radius 3 is 2.78 bits per heavy atom. The van der Waals surface area contributed by atoms with E-state index in [1.165, 1.54) is 24.9 Å². The zero-order chi connectivity index (χ0) is 15.4. The van der Waals surface area contributed by atoms with Crippen LogP contribution in [0.3, 0.4) is 0 Å². The molecule has 2 aliphatic carbocycles. The van der Waals surface area contributed by atoms with Gasteiger partial charge in [-0.3, -0.25) is 0 Å². The first-order valence-electron chi connectivity index (χ1n) is 9.16. The third-order valence-electron chi connectivity index (χ3n) is 6.89. The Kier molecular flexibility index (Phi) is 3.09. The highest BCUT2D eigenvalue weighted by Crippen LogP contribution is 2.46. The number of allylic oxidation sites excluding steroid dienone is 2. The van der Waals surface area contributed by atoms with E-state index in [1.807, 2.05) is 6.07 Å². The smallest absolute Gasteiger partial charge is 0.123 e. The number of nitrogens with one attached hydrogen (secondary N) is 1. The number of anilines is 1. The molecule has 2 heterocycles. The Morgan fingerprint density at radius 1 is 1.17 bits per heavy atom. The predicted octanol–water partition coefficient (Wildman–Crippen LogP) is 3.80. The summed E-state index contributed by atoms with van der Waals surface area (Å²) in [6, 6.07) is 5.25. The molecule has 1 spiro atoms. The third-order valence-corrected chi connectivity index (χ3v) is 6.89. The Morgan fingerprint density at radius 2 is 2.04 bits per heavy atom. The van der Waals surface area contributed by atoms with Crippen molar-refractivity contribution in [3.05, 3.63) is 41.7 Å². The van der Waals surface area contributed by atoms with E-state index < -0.39 is 0 Å². The maximum absolute atomic E-state index is 13.7. The molecule has 0 radical (unpaired) electrons. The lowest BCUT2D eigenvalue weighted by atomic mass is 9.74. The summed E-state index contributed by atoms with van der Waals surface area (Å²) < 4.78 is 13.7. The lowest BCUT2D eigenvalue weighted by Gasteiger charge is -2.40. The van der Waals surface area contributed by atoms with Gasteiger partial charge in [0.05, 0.1) is 0 Å². The van der Waals surface area contributed by atoms with Crippen molar-refractivity contribution in [3.8, 4) is 0 Å². The molecule has 2 bridgehead atoms. The highest BCUT2D eigenvalue weighted by molar-refractivity contribution is 5.60. The second-order valence-corrected chi connectivity index (χ2v) is 8.16. The minimum absolute atomic E-state index is 0.0944. The Bertz CT molecular complexity index is 645. The van der Waals surface area contributed by atoms with Crippen molar-refractivity contribution in [2.75, 3.05) is 31.5 Å². The van der Waals surface area contributed by atoms with E-state index in [0.717, 1.165) is 55.9 Å². The van der Waals surface area contributed by atoms with E-state index in [-0.39, 0.29) is 11.2 Å². The fraction of sp³-hybridized carbons (Fsp3) is 0.600. The standard InChI is InChI=1S/C20H25FN2/c21-17-3-4-19-18(11-17)20(13-22-19)5-7-23(8-6-20)12-16-10-14-1-2-15(16)9-14/h1-4,11,14-16,22H,5-10,12-13H2/t14-,15+,16+/m1/s1. The molecule has 0 amide bonds. The van der Waals surface area contributed by atoms with Crippen LogP contribution in [0, 0.1) is 23.6 Å². The van der Waals surface area contributed by atoms with Crippen LogP contribution in [-0.4, -0.2) is 31.1 Å². The number of hydrogen-bond acceptors (Lipinski definition) is 2. The van der Waals surface area contributed by atoms with Crippen LogP contribution < -0.4 is 5.32 Å². The molecule has 122 valence electrons. The average Bonchev–Trinajstić information content (AvgIpc) is 3.25. The number of nitrogens with zero attached hydrogens (tertiary/aromatic N) is 1. The first kappa shape index (κ1) is 14.0. The summed E-state index contributed by atoms with van der Waals surface area (Å²) in [6.45, 7) is 4.58. The van der Waals surface area contributed by atoms with Crippen molar-refractivity contribution in [2.24, 2.45) is 17.8 Å². The summed E-state index contributed by atoms with van der Waals surface area (Å²) in [6.07, 6.45) is 10.0. The molecule has 5 rings (SSSR count). The van der Waals surface area contributed by atoms with Crippen molar-refractivity contribution in [1.29, 1.82) is 0 Å².